The molecule has 0 bridgehead atoms. The summed E-state index contributed by atoms with van der Waals surface area (Å²) in [7, 11) is 0. The van der Waals surface area contributed by atoms with Crippen LogP contribution in [-0.2, 0) is 16.8 Å². The summed E-state index contributed by atoms with van der Waals surface area (Å²) in [6, 6.07) is 7.33. The van der Waals surface area contributed by atoms with E-state index >= 15 is 0 Å². The molecule has 3 nitrogen and oxygen atoms in total. The quantitative estimate of drug-likeness (QED) is 0.601. The third kappa shape index (κ3) is 4.95. The summed E-state index contributed by atoms with van der Waals surface area (Å²) in [5.74, 6) is 0.928. The van der Waals surface area contributed by atoms with Crippen LogP contribution in [0.1, 0.15) is 25.3 Å². The van der Waals surface area contributed by atoms with E-state index in [-0.39, 0.29) is 5.75 Å². The highest BCUT2D eigenvalue weighted by atomic mass is 32.2. The molecule has 0 saturated carbocycles. The Morgan fingerprint density at radius 2 is 2.27 bits per heavy atom. The number of hydrogen-bond acceptors (Lipinski definition) is 2. The zero-order chi connectivity index (χ0) is 11.1. The van der Waals surface area contributed by atoms with Crippen molar-refractivity contribution in [2.45, 2.75) is 25.5 Å². The minimum atomic E-state index is -1.79. The van der Waals surface area contributed by atoms with Gasteiger partial charge in [0, 0.05) is 0 Å². The Balaban J connectivity index is 2.53. The molecule has 0 radical (unpaired) electrons. The van der Waals surface area contributed by atoms with E-state index in [1.54, 1.807) is 0 Å². The Bertz CT molecular complexity index is 325. The van der Waals surface area contributed by atoms with Gasteiger partial charge in [-0.05, 0) is 24.1 Å². The van der Waals surface area contributed by atoms with Crippen LogP contribution in [0.25, 0.3) is 0 Å². The molecule has 0 aliphatic carbocycles. The van der Waals surface area contributed by atoms with Crippen molar-refractivity contribution in [1.29, 1.82) is 0 Å². The molecule has 0 saturated heterocycles. The molecule has 1 atom stereocenters. The number of unbranched alkanes of at least 4 members (excludes halogenated alkanes) is 1. The summed E-state index contributed by atoms with van der Waals surface area (Å²) in [5, 5.41) is 0. The van der Waals surface area contributed by atoms with Crippen molar-refractivity contribution in [3.8, 4) is 5.75 Å². The topological polar surface area (TPSA) is 46.5 Å². The molecular formula is C11H16O3S. The summed E-state index contributed by atoms with van der Waals surface area (Å²) in [5.41, 5.74) is 0.824. The highest BCUT2D eigenvalue weighted by Crippen LogP contribution is 2.14. The molecule has 1 aromatic rings. The van der Waals surface area contributed by atoms with Crippen molar-refractivity contribution in [3.63, 3.8) is 0 Å². The van der Waals surface area contributed by atoms with Crippen LogP contribution in [0.2, 0.25) is 0 Å². The normalized spacial score (nSPS) is 12.4. The smallest absolute Gasteiger partial charge is 0.157 e. The molecule has 0 aliphatic heterocycles. The van der Waals surface area contributed by atoms with Crippen molar-refractivity contribution >= 4 is 11.1 Å². The van der Waals surface area contributed by atoms with Crippen LogP contribution in [0.5, 0.6) is 5.75 Å². The minimum Gasteiger partial charge on any atom is -0.494 e. The maximum Gasteiger partial charge on any atom is 0.157 e. The molecular weight excluding hydrogens is 212 g/mol. The predicted octanol–water partition coefficient (Wildman–Crippen LogP) is 2.59. The number of hydrogen-bond donors (Lipinski definition) is 1. The second-order valence-corrected chi connectivity index (χ2v) is 4.25. The van der Waals surface area contributed by atoms with Gasteiger partial charge in [0.1, 0.15) is 5.75 Å². The average Bonchev–Trinajstić information content (AvgIpc) is 2.18. The van der Waals surface area contributed by atoms with Crippen LogP contribution >= 0.6 is 0 Å². The monoisotopic (exact) mass is 228 g/mol. The molecule has 1 N–H and O–H groups in total. The lowest BCUT2D eigenvalue weighted by molar-refractivity contribution is 0.309. The van der Waals surface area contributed by atoms with Gasteiger partial charge in [-0.15, -0.1) is 0 Å². The Labute approximate surface area is 92.7 Å². The van der Waals surface area contributed by atoms with Crippen LogP contribution in [0.3, 0.4) is 0 Å². The number of ether oxygens (including phenoxy) is 1. The SMILES string of the molecule is CCCCOc1cccc(CS(=O)O)c1. The van der Waals surface area contributed by atoms with E-state index in [0.29, 0.717) is 6.61 Å². The predicted molar refractivity (Wildman–Crippen MR) is 61.3 cm³/mol. The second kappa shape index (κ2) is 6.58. The van der Waals surface area contributed by atoms with Gasteiger partial charge in [0.05, 0.1) is 12.4 Å². The largest absolute Gasteiger partial charge is 0.494 e. The maximum absolute atomic E-state index is 10.6. The summed E-state index contributed by atoms with van der Waals surface area (Å²) in [6.45, 7) is 2.80. The van der Waals surface area contributed by atoms with Crippen molar-refractivity contribution in [2.75, 3.05) is 6.61 Å². The van der Waals surface area contributed by atoms with Crippen molar-refractivity contribution in [3.05, 3.63) is 29.8 Å². The number of rotatable bonds is 6. The van der Waals surface area contributed by atoms with Gasteiger partial charge in [-0.1, -0.05) is 25.5 Å². The van der Waals surface area contributed by atoms with E-state index in [4.69, 9.17) is 9.29 Å². The highest BCUT2D eigenvalue weighted by molar-refractivity contribution is 7.78. The second-order valence-electron chi connectivity index (χ2n) is 3.32. The molecule has 0 spiro atoms. The van der Waals surface area contributed by atoms with Crippen LogP contribution in [0, 0.1) is 0 Å². The molecule has 0 aromatic heterocycles. The molecule has 0 amide bonds. The molecule has 15 heavy (non-hydrogen) atoms. The van der Waals surface area contributed by atoms with Gasteiger partial charge in [0.2, 0.25) is 0 Å². The van der Waals surface area contributed by atoms with Gasteiger partial charge in [-0.25, -0.2) is 4.21 Å². The zero-order valence-corrected chi connectivity index (χ0v) is 9.63. The molecule has 0 aliphatic rings. The standard InChI is InChI=1S/C11H16O3S/c1-2-3-7-14-11-6-4-5-10(8-11)9-15(12)13/h4-6,8H,2-3,7,9H2,1H3,(H,12,13). The van der Waals surface area contributed by atoms with Gasteiger partial charge >= 0.3 is 0 Å². The third-order valence-corrected chi connectivity index (χ3v) is 2.54. The fourth-order valence-corrected chi connectivity index (χ4v) is 1.67. The van der Waals surface area contributed by atoms with Crippen molar-refractivity contribution < 1.29 is 13.5 Å². The first kappa shape index (κ1) is 12.2. The Morgan fingerprint density at radius 3 is 2.93 bits per heavy atom. The van der Waals surface area contributed by atoms with Gasteiger partial charge in [-0.3, -0.25) is 0 Å². The molecule has 1 rings (SSSR count). The lowest BCUT2D eigenvalue weighted by Crippen LogP contribution is -1.98. The lowest BCUT2D eigenvalue weighted by Gasteiger charge is -2.06. The summed E-state index contributed by atoms with van der Waals surface area (Å²) < 4.78 is 24.8. The Morgan fingerprint density at radius 1 is 1.47 bits per heavy atom. The number of benzene rings is 1. The fraction of sp³-hybridized carbons (Fsp3) is 0.455. The first-order valence-corrected chi connectivity index (χ1v) is 6.29. The van der Waals surface area contributed by atoms with Crippen molar-refractivity contribution in [1.82, 2.24) is 0 Å². The maximum atomic E-state index is 10.6. The Kier molecular flexibility index (Phi) is 5.36. The van der Waals surface area contributed by atoms with Gasteiger partial charge in [-0.2, -0.15) is 0 Å². The molecule has 4 heteroatoms. The van der Waals surface area contributed by atoms with Crippen molar-refractivity contribution in [2.24, 2.45) is 0 Å². The van der Waals surface area contributed by atoms with E-state index in [0.717, 1.165) is 24.2 Å². The highest BCUT2D eigenvalue weighted by Gasteiger charge is 2.00. The van der Waals surface area contributed by atoms with E-state index in [2.05, 4.69) is 6.92 Å². The first-order valence-electron chi connectivity index (χ1n) is 5.01. The van der Waals surface area contributed by atoms with Gasteiger partial charge < -0.3 is 9.29 Å². The summed E-state index contributed by atoms with van der Waals surface area (Å²) in [4.78, 5) is 0. The van der Waals surface area contributed by atoms with E-state index in [1.807, 2.05) is 24.3 Å². The fourth-order valence-electron chi connectivity index (χ4n) is 1.20. The molecule has 84 valence electrons. The minimum absolute atomic E-state index is 0.158. The first-order chi connectivity index (χ1) is 7.22. The summed E-state index contributed by atoms with van der Waals surface area (Å²) >= 11 is -1.79. The lowest BCUT2D eigenvalue weighted by atomic mass is 10.2. The molecule has 1 aromatic carbocycles. The molecule has 0 heterocycles. The van der Waals surface area contributed by atoms with Gasteiger partial charge in [0.25, 0.3) is 0 Å². The zero-order valence-electron chi connectivity index (χ0n) is 8.81. The van der Waals surface area contributed by atoms with Crippen LogP contribution in [0.15, 0.2) is 24.3 Å². The van der Waals surface area contributed by atoms with Crippen LogP contribution in [0.4, 0.5) is 0 Å². The van der Waals surface area contributed by atoms with E-state index in [9.17, 15) is 4.21 Å². The van der Waals surface area contributed by atoms with E-state index < -0.39 is 11.1 Å². The summed E-state index contributed by atoms with van der Waals surface area (Å²) in [6.07, 6.45) is 2.12. The van der Waals surface area contributed by atoms with Crippen LogP contribution < -0.4 is 4.74 Å². The average molecular weight is 228 g/mol. The Hall–Kier alpha value is -0.870. The third-order valence-electron chi connectivity index (χ3n) is 1.96. The van der Waals surface area contributed by atoms with Gasteiger partial charge in [0.15, 0.2) is 11.1 Å². The molecule has 1 unspecified atom stereocenters. The van der Waals surface area contributed by atoms with Crippen LogP contribution in [-0.4, -0.2) is 15.4 Å². The van der Waals surface area contributed by atoms with E-state index in [1.165, 1.54) is 0 Å². The molecule has 0 fully saturated rings.